The van der Waals surface area contributed by atoms with Crippen LogP contribution in [0, 0.1) is 6.92 Å². The van der Waals surface area contributed by atoms with Crippen LogP contribution < -0.4 is 5.32 Å². The molecule has 0 bridgehead atoms. The highest BCUT2D eigenvalue weighted by Gasteiger charge is 2.10. The van der Waals surface area contributed by atoms with E-state index >= 15 is 0 Å². The number of benzene rings is 1. The van der Waals surface area contributed by atoms with Crippen LogP contribution in [-0.4, -0.2) is 17.0 Å². The average molecular weight is 269 g/mol. The van der Waals surface area contributed by atoms with E-state index < -0.39 is 0 Å². The monoisotopic (exact) mass is 269 g/mol. The van der Waals surface area contributed by atoms with Crippen molar-refractivity contribution < 1.29 is 0 Å². The Morgan fingerprint density at radius 2 is 1.95 bits per heavy atom. The predicted octanol–water partition coefficient (Wildman–Crippen LogP) is 3.39. The SMILES string of the molecule is CNCc1sc(-c2ccc3ccccc3n2)nc1C. The summed E-state index contributed by atoms with van der Waals surface area (Å²) in [6.07, 6.45) is 0. The van der Waals surface area contributed by atoms with Crippen LogP contribution in [-0.2, 0) is 6.54 Å². The molecule has 0 aliphatic heterocycles. The minimum Gasteiger partial charge on any atom is -0.315 e. The number of nitrogens with zero attached hydrogens (tertiary/aromatic N) is 2. The molecular weight excluding hydrogens is 254 g/mol. The van der Waals surface area contributed by atoms with E-state index in [4.69, 9.17) is 0 Å². The van der Waals surface area contributed by atoms with Gasteiger partial charge in [0.25, 0.3) is 0 Å². The Morgan fingerprint density at radius 3 is 2.79 bits per heavy atom. The van der Waals surface area contributed by atoms with E-state index in [1.807, 2.05) is 38.2 Å². The zero-order chi connectivity index (χ0) is 13.2. The van der Waals surface area contributed by atoms with Gasteiger partial charge < -0.3 is 5.32 Å². The smallest absolute Gasteiger partial charge is 0.142 e. The summed E-state index contributed by atoms with van der Waals surface area (Å²) in [5.74, 6) is 0. The number of rotatable bonds is 3. The Kier molecular flexibility index (Phi) is 3.27. The lowest BCUT2D eigenvalue weighted by Gasteiger charge is -1.99. The molecule has 0 aliphatic rings. The summed E-state index contributed by atoms with van der Waals surface area (Å²) in [5.41, 5.74) is 3.06. The Morgan fingerprint density at radius 1 is 1.11 bits per heavy atom. The van der Waals surface area contributed by atoms with Crippen molar-refractivity contribution in [1.82, 2.24) is 15.3 Å². The standard InChI is InChI=1S/C15H15N3S/c1-10-14(9-16-2)19-15(17-10)13-8-7-11-5-3-4-6-12(11)18-13/h3-8,16H,9H2,1-2H3. The molecule has 0 saturated heterocycles. The van der Waals surface area contributed by atoms with Gasteiger partial charge >= 0.3 is 0 Å². The van der Waals surface area contributed by atoms with Gasteiger partial charge in [-0.1, -0.05) is 24.3 Å². The molecule has 3 nitrogen and oxygen atoms in total. The third-order valence-corrected chi connectivity index (χ3v) is 4.23. The summed E-state index contributed by atoms with van der Waals surface area (Å²) in [4.78, 5) is 10.6. The van der Waals surface area contributed by atoms with Crippen molar-refractivity contribution in [2.24, 2.45) is 0 Å². The summed E-state index contributed by atoms with van der Waals surface area (Å²) >= 11 is 1.71. The molecule has 0 aliphatic carbocycles. The highest BCUT2D eigenvalue weighted by Crippen LogP contribution is 2.27. The Bertz CT molecular complexity index is 718. The van der Waals surface area contributed by atoms with Gasteiger partial charge in [-0.2, -0.15) is 0 Å². The summed E-state index contributed by atoms with van der Waals surface area (Å²) in [6, 6.07) is 12.3. The molecule has 0 fully saturated rings. The van der Waals surface area contributed by atoms with E-state index in [9.17, 15) is 0 Å². The molecule has 2 aromatic heterocycles. The lowest BCUT2D eigenvalue weighted by atomic mass is 10.2. The van der Waals surface area contributed by atoms with Crippen LogP contribution >= 0.6 is 11.3 Å². The van der Waals surface area contributed by atoms with E-state index in [1.54, 1.807) is 11.3 Å². The van der Waals surface area contributed by atoms with Crippen molar-refractivity contribution in [3.63, 3.8) is 0 Å². The molecule has 4 heteroatoms. The first-order valence-electron chi connectivity index (χ1n) is 6.25. The fraction of sp³-hybridized carbons (Fsp3) is 0.200. The van der Waals surface area contributed by atoms with Crippen molar-refractivity contribution in [2.75, 3.05) is 7.05 Å². The fourth-order valence-corrected chi connectivity index (χ4v) is 3.09. The summed E-state index contributed by atoms with van der Waals surface area (Å²) < 4.78 is 0. The highest BCUT2D eigenvalue weighted by atomic mass is 32.1. The van der Waals surface area contributed by atoms with Crippen molar-refractivity contribution >= 4 is 22.2 Å². The lowest BCUT2D eigenvalue weighted by molar-refractivity contribution is 0.823. The molecule has 1 aromatic carbocycles. The third kappa shape index (κ3) is 2.37. The van der Waals surface area contributed by atoms with Crippen molar-refractivity contribution in [3.05, 3.63) is 47.0 Å². The first kappa shape index (κ1) is 12.3. The van der Waals surface area contributed by atoms with E-state index in [0.29, 0.717) is 0 Å². The maximum atomic E-state index is 4.69. The third-order valence-electron chi connectivity index (χ3n) is 3.05. The summed E-state index contributed by atoms with van der Waals surface area (Å²) in [6.45, 7) is 2.91. The van der Waals surface area contributed by atoms with Gasteiger partial charge in [0, 0.05) is 16.8 Å². The number of para-hydroxylation sites is 1. The normalized spacial score (nSPS) is 11.1. The number of aromatic nitrogens is 2. The van der Waals surface area contributed by atoms with Crippen LogP contribution in [0.4, 0.5) is 0 Å². The van der Waals surface area contributed by atoms with Gasteiger partial charge in [-0.25, -0.2) is 9.97 Å². The number of hydrogen-bond acceptors (Lipinski definition) is 4. The number of hydrogen-bond donors (Lipinski definition) is 1. The van der Waals surface area contributed by atoms with Gasteiger partial charge in [-0.05, 0) is 26.1 Å². The molecule has 0 saturated carbocycles. The van der Waals surface area contributed by atoms with Gasteiger partial charge in [-0.3, -0.25) is 0 Å². The maximum absolute atomic E-state index is 4.69. The molecule has 96 valence electrons. The average Bonchev–Trinajstić information content (AvgIpc) is 2.80. The maximum Gasteiger partial charge on any atom is 0.142 e. The molecular formula is C15H15N3S. The first-order chi connectivity index (χ1) is 9.28. The summed E-state index contributed by atoms with van der Waals surface area (Å²) in [7, 11) is 1.95. The van der Waals surface area contributed by atoms with E-state index in [1.165, 1.54) is 4.88 Å². The van der Waals surface area contributed by atoms with Crippen LogP contribution in [0.1, 0.15) is 10.6 Å². The molecule has 0 amide bonds. The molecule has 0 spiro atoms. The van der Waals surface area contributed by atoms with E-state index in [0.717, 1.165) is 33.8 Å². The number of nitrogens with one attached hydrogen (secondary N) is 1. The zero-order valence-corrected chi connectivity index (χ0v) is 11.8. The molecule has 3 aromatic rings. The van der Waals surface area contributed by atoms with Gasteiger partial charge in [0.2, 0.25) is 0 Å². The molecule has 0 radical (unpaired) electrons. The topological polar surface area (TPSA) is 37.8 Å². The number of fused-ring (bicyclic) bond motifs is 1. The molecule has 3 rings (SSSR count). The Balaban J connectivity index is 2.06. The first-order valence-corrected chi connectivity index (χ1v) is 7.06. The molecule has 19 heavy (non-hydrogen) atoms. The zero-order valence-electron chi connectivity index (χ0n) is 11.0. The number of aryl methyl sites for hydroxylation is 1. The fourth-order valence-electron chi connectivity index (χ4n) is 2.05. The minimum absolute atomic E-state index is 0.858. The van der Waals surface area contributed by atoms with Crippen LogP contribution in [0.3, 0.4) is 0 Å². The van der Waals surface area contributed by atoms with E-state index in [2.05, 4.69) is 27.4 Å². The molecule has 0 unspecified atom stereocenters. The second kappa shape index (κ2) is 5.07. The van der Waals surface area contributed by atoms with Crippen LogP contribution in [0.2, 0.25) is 0 Å². The van der Waals surface area contributed by atoms with Gasteiger partial charge in [0.05, 0.1) is 16.9 Å². The Labute approximate surface area is 116 Å². The van der Waals surface area contributed by atoms with Gasteiger partial charge in [0.15, 0.2) is 0 Å². The second-order valence-electron chi connectivity index (χ2n) is 4.45. The molecule has 2 heterocycles. The quantitative estimate of drug-likeness (QED) is 0.792. The van der Waals surface area contributed by atoms with Crippen LogP contribution in [0.5, 0.6) is 0 Å². The van der Waals surface area contributed by atoms with Crippen LogP contribution in [0.15, 0.2) is 36.4 Å². The van der Waals surface area contributed by atoms with Crippen molar-refractivity contribution in [1.29, 1.82) is 0 Å². The second-order valence-corrected chi connectivity index (χ2v) is 5.53. The van der Waals surface area contributed by atoms with Crippen LogP contribution in [0.25, 0.3) is 21.6 Å². The number of thiazole rings is 1. The lowest BCUT2D eigenvalue weighted by Crippen LogP contribution is -2.04. The molecule has 1 N–H and O–H groups in total. The largest absolute Gasteiger partial charge is 0.315 e. The highest BCUT2D eigenvalue weighted by molar-refractivity contribution is 7.15. The Hall–Kier alpha value is -1.78. The van der Waals surface area contributed by atoms with Gasteiger partial charge in [-0.15, -0.1) is 11.3 Å². The summed E-state index contributed by atoms with van der Waals surface area (Å²) in [5, 5.41) is 5.33. The number of pyridine rings is 1. The van der Waals surface area contributed by atoms with E-state index in [-0.39, 0.29) is 0 Å². The predicted molar refractivity (Wildman–Crippen MR) is 80.4 cm³/mol. The van der Waals surface area contributed by atoms with Crippen molar-refractivity contribution in [2.45, 2.75) is 13.5 Å². The van der Waals surface area contributed by atoms with Gasteiger partial charge in [0.1, 0.15) is 5.01 Å². The minimum atomic E-state index is 0.858. The van der Waals surface area contributed by atoms with Crippen molar-refractivity contribution in [3.8, 4) is 10.7 Å². The molecule has 0 atom stereocenters.